The first kappa shape index (κ1) is 35.3. The average molecular weight is 672 g/mol. The summed E-state index contributed by atoms with van der Waals surface area (Å²) in [6.07, 6.45) is -0.939. The summed E-state index contributed by atoms with van der Waals surface area (Å²) in [4.78, 5) is 51.1. The first-order chi connectivity index (χ1) is 22.4. The number of benzene rings is 3. The lowest BCUT2D eigenvalue weighted by atomic mass is 9.92. The van der Waals surface area contributed by atoms with E-state index < -0.39 is 78.0 Å². The van der Waals surface area contributed by atoms with Crippen LogP contribution in [-0.2, 0) is 19.2 Å². The number of aliphatic carboxylic acids is 1. The molecule has 5 N–H and O–H groups in total. The maximum atomic E-state index is 13.6. The topological polar surface area (TPSA) is 165 Å². The highest BCUT2D eigenvalue weighted by Gasteiger charge is 2.49. The van der Waals surface area contributed by atoms with E-state index in [2.05, 4.69) is 10.6 Å². The number of hydrogen-bond donors (Lipinski definition) is 5. The minimum atomic E-state index is -1.52. The highest BCUT2D eigenvalue weighted by molar-refractivity contribution is 8.00. The van der Waals surface area contributed by atoms with Crippen LogP contribution in [0.15, 0.2) is 72.8 Å². The van der Waals surface area contributed by atoms with E-state index in [9.17, 15) is 38.2 Å². The van der Waals surface area contributed by atoms with Crippen molar-refractivity contribution < 1.29 is 48.0 Å². The van der Waals surface area contributed by atoms with Gasteiger partial charge in [-0.3, -0.25) is 14.4 Å². The standard InChI is InChI=1S/C33H35F2N3O8S/c1-18(2)28(31(42)36-25(15-39)33(44)45)37-27(41)16-46-24-13-5-20(6-14-24)29-30(32(43)38(29)23-11-9-22(35)10-12-23)47-17-26(40)19-3-7-21(34)8-4-19/h3-14,18,25-26,28-30,39-40H,15-17H2,1-2H3,(H,36,42)(H,37,41)(H,44,45)/t25-,26?,28-,29-,30-/m1/s1. The van der Waals surface area contributed by atoms with Crippen molar-refractivity contribution in [1.29, 1.82) is 0 Å². The van der Waals surface area contributed by atoms with Gasteiger partial charge >= 0.3 is 5.97 Å². The van der Waals surface area contributed by atoms with Crippen LogP contribution in [-0.4, -0.2) is 75.3 Å². The summed E-state index contributed by atoms with van der Waals surface area (Å²) in [7, 11) is 0. The largest absolute Gasteiger partial charge is 0.484 e. The molecule has 11 nitrogen and oxygen atoms in total. The Morgan fingerprint density at radius 2 is 1.53 bits per heavy atom. The van der Waals surface area contributed by atoms with Crippen LogP contribution in [0.25, 0.3) is 0 Å². The second-order valence-corrected chi connectivity index (χ2v) is 12.4. The van der Waals surface area contributed by atoms with E-state index in [0.717, 1.165) is 0 Å². The number of carbonyl (C=O) groups is 4. The molecule has 0 spiro atoms. The van der Waals surface area contributed by atoms with Crippen molar-refractivity contribution >= 4 is 41.1 Å². The van der Waals surface area contributed by atoms with Gasteiger partial charge < -0.3 is 35.6 Å². The number of carboxylic acid groups (broad SMARTS) is 1. The van der Waals surface area contributed by atoms with Gasteiger partial charge in [0.2, 0.25) is 11.8 Å². The number of rotatable bonds is 15. The Morgan fingerprint density at radius 1 is 0.936 bits per heavy atom. The van der Waals surface area contributed by atoms with Crippen molar-refractivity contribution in [3.63, 3.8) is 0 Å². The third-order valence-electron chi connectivity index (χ3n) is 7.49. The van der Waals surface area contributed by atoms with Gasteiger partial charge in [0.1, 0.15) is 34.7 Å². The molecule has 14 heteroatoms. The summed E-state index contributed by atoms with van der Waals surface area (Å²) >= 11 is 1.25. The molecule has 250 valence electrons. The highest BCUT2D eigenvalue weighted by Crippen LogP contribution is 2.46. The SMILES string of the molecule is CC(C)[C@@H](NC(=O)COc1ccc([C@@H]2[C@@H](SCC(O)c3ccc(F)cc3)C(=O)N2c2ccc(F)cc2)cc1)C(=O)N[C@H](CO)C(=O)O. The zero-order chi connectivity index (χ0) is 34.2. The second kappa shape index (κ2) is 15.8. The van der Waals surface area contributed by atoms with Crippen molar-refractivity contribution in [2.45, 2.75) is 43.3 Å². The van der Waals surface area contributed by atoms with Crippen molar-refractivity contribution in [3.05, 3.63) is 95.6 Å². The molecule has 3 aromatic carbocycles. The Labute approximate surface area is 273 Å². The van der Waals surface area contributed by atoms with Gasteiger partial charge in [0.15, 0.2) is 6.61 Å². The van der Waals surface area contributed by atoms with Gasteiger partial charge in [-0.25, -0.2) is 13.6 Å². The van der Waals surface area contributed by atoms with Crippen LogP contribution < -0.4 is 20.3 Å². The van der Waals surface area contributed by atoms with Gasteiger partial charge in [-0.15, -0.1) is 11.8 Å². The van der Waals surface area contributed by atoms with Crippen LogP contribution in [0.3, 0.4) is 0 Å². The molecule has 0 radical (unpaired) electrons. The smallest absolute Gasteiger partial charge is 0.328 e. The summed E-state index contributed by atoms with van der Waals surface area (Å²) in [5, 5.41) is 33.0. The summed E-state index contributed by atoms with van der Waals surface area (Å²) < 4.78 is 32.5. The summed E-state index contributed by atoms with van der Waals surface area (Å²) in [6, 6.07) is 14.5. The maximum absolute atomic E-state index is 13.6. The number of aliphatic hydroxyl groups excluding tert-OH is 2. The zero-order valence-electron chi connectivity index (χ0n) is 25.5. The number of hydrogen-bond acceptors (Lipinski definition) is 8. The number of carbonyl (C=O) groups excluding carboxylic acids is 3. The molecular formula is C33H35F2N3O8S. The fraction of sp³-hybridized carbons (Fsp3) is 0.333. The zero-order valence-corrected chi connectivity index (χ0v) is 26.3. The molecule has 1 aliphatic heterocycles. The van der Waals surface area contributed by atoms with Crippen molar-refractivity contribution in [2.24, 2.45) is 5.92 Å². The molecular weight excluding hydrogens is 636 g/mol. The summed E-state index contributed by atoms with van der Waals surface area (Å²) in [5.74, 6) is -3.85. The Morgan fingerprint density at radius 3 is 2.09 bits per heavy atom. The Bertz CT molecular complexity index is 1560. The average Bonchev–Trinajstić information content (AvgIpc) is 3.05. The maximum Gasteiger partial charge on any atom is 0.328 e. The molecule has 1 heterocycles. The number of β-lactam (4-membered cyclic amide) rings is 1. The lowest BCUT2D eigenvalue weighted by Crippen LogP contribution is -2.57. The third-order valence-corrected chi connectivity index (χ3v) is 8.82. The molecule has 1 fully saturated rings. The van der Waals surface area contributed by atoms with Crippen LogP contribution >= 0.6 is 11.8 Å². The van der Waals surface area contributed by atoms with Gasteiger partial charge in [-0.05, 0) is 65.6 Å². The number of amides is 3. The predicted octanol–water partition coefficient (Wildman–Crippen LogP) is 2.97. The van der Waals surface area contributed by atoms with E-state index in [1.165, 1.54) is 65.2 Å². The molecule has 1 aliphatic rings. The monoisotopic (exact) mass is 671 g/mol. The van der Waals surface area contributed by atoms with E-state index in [1.54, 1.807) is 38.1 Å². The van der Waals surface area contributed by atoms with Crippen LogP contribution in [0.2, 0.25) is 0 Å². The normalized spacial score (nSPS) is 17.8. The van der Waals surface area contributed by atoms with Crippen LogP contribution in [0.1, 0.15) is 37.1 Å². The fourth-order valence-electron chi connectivity index (χ4n) is 4.92. The molecule has 0 saturated carbocycles. The summed E-state index contributed by atoms with van der Waals surface area (Å²) in [5.41, 5.74) is 1.72. The molecule has 0 aliphatic carbocycles. The van der Waals surface area contributed by atoms with Crippen LogP contribution in [0.5, 0.6) is 5.75 Å². The molecule has 1 unspecified atom stereocenters. The number of aliphatic hydroxyl groups is 2. The number of anilines is 1. The van der Waals surface area contributed by atoms with Gasteiger partial charge in [0, 0.05) is 11.4 Å². The fourth-order valence-corrected chi connectivity index (χ4v) is 6.22. The quantitative estimate of drug-likeness (QED) is 0.153. The number of ether oxygens (including phenoxy) is 1. The Balaban J connectivity index is 1.42. The first-order valence-corrected chi connectivity index (χ1v) is 15.7. The second-order valence-electron chi connectivity index (χ2n) is 11.2. The highest BCUT2D eigenvalue weighted by atomic mass is 32.2. The molecule has 4 rings (SSSR count). The third kappa shape index (κ3) is 8.84. The lowest BCUT2D eigenvalue weighted by molar-refractivity contribution is -0.143. The van der Waals surface area contributed by atoms with Gasteiger partial charge in [0.25, 0.3) is 5.91 Å². The van der Waals surface area contributed by atoms with Crippen LogP contribution in [0.4, 0.5) is 14.5 Å². The van der Waals surface area contributed by atoms with E-state index in [-0.39, 0.29) is 11.7 Å². The molecule has 3 aromatic rings. The minimum absolute atomic E-state index is 0.165. The van der Waals surface area contributed by atoms with Crippen molar-refractivity contribution in [2.75, 3.05) is 23.9 Å². The lowest BCUT2D eigenvalue weighted by Gasteiger charge is -2.47. The minimum Gasteiger partial charge on any atom is -0.484 e. The van der Waals surface area contributed by atoms with Gasteiger partial charge in [-0.1, -0.05) is 38.1 Å². The number of thioether (sulfide) groups is 1. The van der Waals surface area contributed by atoms with E-state index >= 15 is 0 Å². The van der Waals surface area contributed by atoms with E-state index in [0.29, 0.717) is 22.6 Å². The number of nitrogens with one attached hydrogen (secondary N) is 2. The Hall–Kier alpha value is -4.53. The van der Waals surface area contributed by atoms with E-state index in [4.69, 9.17) is 9.84 Å². The number of halogens is 2. The van der Waals surface area contributed by atoms with Crippen molar-refractivity contribution in [3.8, 4) is 5.75 Å². The Kier molecular flexibility index (Phi) is 11.9. The summed E-state index contributed by atoms with van der Waals surface area (Å²) in [6.45, 7) is 2.05. The van der Waals surface area contributed by atoms with Crippen LogP contribution in [0, 0.1) is 17.6 Å². The molecule has 0 aromatic heterocycles. The molecule has 1 saturated heterocycles. The number of carboxylic acids is 1. The number of nitrogens with zero attached hydrogens (tertiary/aromatic N) is 1. The first-order valence-electron chi connectivity index (χ1n) is 14.7. The van der Waals surface area contributed by atoms with Gasteiger partial charge in [0.05, 0.1) is 18.8 Å². The molecule has 0 bridgehead atoms. The van der Waals surface area contributed by atoms with E-state index in [1.807, 2.05) is 0 Å². The predicted molar refractivity (Wildman–Crippen MR) is 170 cm³/mol. The molecule has 3 amide bonds. The molecule has 5 atom stereocenters. The van der Waals surface area contributed by atoms with Gasteiger partial charge in [-0.2, -0.15) is 0 Å². The van der Waals surface area contributed by atoms with Crippen molar-refractivity contribution in [1.82, 2.24) is 10.6 Å². The molecule has 47 heavy (non-hydrogen) atoms.